The number of anilines is 1. The van der Waals surface area contributed by atoms with E-state index in [2.05, 4.69) is 6.07 Å². The summed E-state index contributed by atoms with van der Waals surface area (Å²) >= 11 is 0. The van der Waals surface area contributed by atoms with Crippen LogP contribution in [-0.4, -0.2) is 12.3 Å². The molecule has 16 heavy (non-hydrogen) atoms. The first-order chi connectivity index (χ1) is 7.68. The van der Waals surface area contributed by atoms with Crippen molar-refractivity contribution < 1.29 is 9.53 Å². The second kappa shape index (κ2) is 4.26. The molecule has 1 aliphatic heterocycles. The van der Waals surface area contributed by atoms with Crippen molar-refractivity contribution in [1.29, 1.82) is 0 Å². The van der Waals surface area contributed by atoms with Crippen LogP contribution in [0.4, 0.5) is 10.5 Å². The number of hydrogen-bond acceptors (Lipinski definition) is 3. The van der Waals surface area contributed by atoms with Crippen LogP contribution in [0, 0.1) is 0 Å². The summed E-state index contributed by atoms with van der Waals surface area (Å²) < 4.78 is 4.96. The summed E-state index contributed by atoms with van der Waals surface area (Å²) in [4.78, 5) is 12.6. The van der Waals surface area contributed by atoms with E-state index >= 15 is 0 Å². The van der Waals surface area contributed by atoms with Crippen molar-refractivity contribution in [3.8, 4) is 0 Å². The number of nitrogens with zero attached hydrogens (tertiary/aromatic N) is 1. The molecule has 1 aliphatic rings. The maximum atomic E-state index is 10.7. The zero-order chi connectivity index (χ0) is 11.5. The Kier molecular flexibility index (Phi) is 2.81. The zero-order valence-corrected chi connectivity index (χ0v) is 9.09. The van der Waals surface area contributed by atoms with E-state index in [9.17, 15) is 4.79 Å². The molecule has 0 fully saturated rings. The number of primary amides is 1. The highest BCUT2D eigenvalue weighted by Crippen LogP contribution is 2.27. The minimum Gasteiger partial charge on any atom is -0.426 e. The lowest BCUT2D eigenvalue weighted by molar-refractivity contribution is 0.118. The Labute approximate surface area is 94.3 Å². The average molecular weight is 218 g/mol. The highest BCUT2D eigenvalue weighted by Gasteiger charge is 2.19. The molecular formula is C12H14N2O2. The van der Waals surface area contributed by atoms with Crippen LogP contribution in [-0.2, 0) is 11.2 Å². The summed E-state index contributed by atoms with van der Waals surface area (Å²) in [6, 6.07) is 8.01. The molecule has 1 heterocycles. The van der Waals surface area contributed by atoms with Crippen molar-refractivity contribution in [2.75, 3.05) is 4.90 Å². The van der Waals surface area contributed by atoms with Gasteiger partial charge in [-0.1, -0.05) is 24.3 Å². The Morgan fingerprint density at radius 2 is 2.25 bits per heavy atom. The molecule has 0 saturated heterocycles. The molecule has 1 atom stereocenters. The van der Waals surface area contributed by atoms with Crippen LogP contribution in [0.1, 0.15) is 12.5 Å². The van der Waals surface area contributed by atoms with Gasteiger partial charge in [-0.15, -0.1) is 0 Å². The van der Waals surface area contributed by atoms with Gasteiger partial charge in [0.1, 0.15) is 0 Å². The van der Waals surface area contributed by atoms with Crippen LogP contribution >= 0.6 is 0 Å². The molecule has 1 unspecified atom stereocenters. The SMILES string of the molecule is CC(OC(N)=O)N1C=CCc2ccccc21. The topological polar surface area (TPSA) is 55.6 Å². The van der Waals surface area contributed by atoms with Gasteiger partial charge in [0.05, 0.1) is 0 Å². The van der Waals surface area contributed by atoms with E-state index in [0.717, 1.165) is 12.1 Å². The third kappa shape index (κ3) is 2.00. The number of amides is 1. The quantitative estimate of drug-likeness (QED) is 0.826. The van der Waals surface area contributed by atoms with E-state index in [0.29, 0.717) is 0 Å². The molecule has 2 N–H and O–H groups in total. The van der Waals surface area contributed by atoms with Crippen LogP contribution in [0.3, 0.4) is 0 Å². The van der Waals surface area contributed by atoms with Crippen LogP contribution in [0.15, 0.2) is 36.5 Å². The summed E-state index contributed by atoms with van der Waals surface area (Å²) in [7, 11) is 0. The zero-order valence-electron chi connectivity index (χ0n) is 9.09. The van der Waals surface area contributed by atoms with Crippen molar-refractivity contribution in [2.45, 2.75) is 19.6 Å². The van der Waals surface area contributed by atoms with E-state index in [1.807, 2.05) is 35.4 Å². The molecule has 1 amide bonds. The average Bonchev–Trinajstić information content (AvgIpc) is 2.27. The van der Waals surface area contributed by atoms with Crippen molar-refractivity contribution in [2.24, 2.45) is 5.73 Å². The minimum absolute atomic E-state index is 0.393. The van der Waals surface area contributed by atoms with Crippen LogP contribution < -0.4 is 10.6 Å². The number of fused-ring (bicyclic) bond motifs is 1. The third-order valence-corrected chi connectivity index (χ3v) is 2.55. The fourth-order valence-electron chi connectivity index (χ4n) is 1.85. The second-order valence-electron chi connectivity index (χ2n) is 3.66. The van der Waals surface area contributed by atoms with Gasteiger partial charge < -0.3 is 15.4 Å². The van der Waals surface area contributed by atoms with Crippen LogP contribution in [0.2, 0.25) is 0 Å². The normalized spacial score (nSPS) is 15.4. The molecule has 0 aromatic heterocycles. The number of rotatable bonds is 2. The standard InChI is InChI=1S/C12H14N2O2/c1-9(16-12(13)15)14-8-4-6-10-5-2-3-7-11(10)14/h2-5,7-9H,6H2,1H3,(H2,13,15). The number of nitrogens with two attached hydrogens (primary N) is 1. The number of carbonyl (C=O) groups excluding carboxylic acids is 1. The van der Waals surface area contributed by atoms with Crippen molar-refractivity contribution in [1.82, 2.24) is 0 Å². The third-order valence-electron chi connectivity index (χ3n) is 2.55. The first-order valence-electron chi connectivity index (χ1n) is 5.17. The molecule has 2 rings (SSSR count). The Hall–Kier alpha value is -1.97. The van der Waals surface area contributed by atoms with Crippen LogP contribution in [0.25, 0.3) is 0 Å². The van der Waals surface area contributed by atoms with Crippen molar-refractivity contribution in [3.05, 3.63) is 42.1 Å². The number of para-hydroxylation sites is 1. The minimum atomic E-state index is -0.760. The van der Waals surface area contributed by atoms with E-state index in [-0.39, 0.29) is 0 Å². The van der Waals surface area contributed by atoms with Crippen LogP contribution in [0.5, 0.6) is 0 Å². The Morgan fingerprint density at radius 3 is 3.00 bits per heavy atom. The predicted molar refractivity (Wildman–Crippen MR) is 61.9 cm³/mol. The van der Waals surface area contributed by atoms with Gasteiger partial charge in [-0.3, -0.25) is 0 Å². The van der Waals surface area contributed by atoms with E-state index < -0.39 is 12.3 Å². The Morgan fingerprint density at radius 1 is 1.50 bits per heavy atom. The van der Waals surface area contributed by atoms with Gasteiger partial charge in [0.25, 0.3) is 0 Å². The van der Waals surface area contributed by atoms with E-state index in [1.165, 1.54) is 5.56 Å². The fourth-order valence-corrected chi connectivity index (χ4v) is 1.85. The summed E-state index contributed by atoms with van der Waals surface area (Å²) in [5.74, 6) is 0. The number of carbonyl (C=O) groups is 1. The summed E-state index contributed by atoms with van der Waals surface area (Å²) in [6.45, 7) is 1.79. The van der Waals surface area contributed by atoms with Crippen molar-refractivity contribution >= 4 is 11.8 Å². The summed E-state index contributed by atoms with van der Waals surface area (Å²) in [5, 5.41) is 0. The van der Waals surface area contributed by atoms with Gasteiger partial charge in [0.2, 0.25) is 0 Å². The van der Waals surface area contributed by atoms with Gasteiger partial charge in [0, 0.05) is 11.9 Å². The lowest BCUT2D eigenvalue weighted by atomic mass is 10.1. The largest absolute Gasteiger partial charge is 0.426 e. The van der Waals surface area contributed by atoms with Gasteiger partial charge in [-0.05, 0) is 25.0 Å². The van der Waals surface area contributed by atoms with Gasteiger partial charge in [0.15, 0.2) is 6.23 Å². The molecule has 0 aliphatic carbocycles. The number of hydrogen-bond donors (Lipinski definition) is 1. The monoisotopic (exact) mass is 218 g/mol. The molecule has 0 spiro atoms. The Bertz CT molecular complexity index is 429. The van der Waals surface area contributed by atoms with E-state index in [4.69, 9.17) is 10.5 Å². The Balaban J connectivity index is 2.25. The first-order valence-corrected chi connectivity index (χ1v) is 5.17. The van der Waals surface area contributed by atoms with E-state index in [1.54, 1.807) is 6.92 Å². The molecule has 0 saturated carbocycles. The van der Waals surface area contributed by atoms with Crippen molar-refractivity contribution in [3.63, 3.8) is 0 Å². The fraction of sp³-hybridized carbons (Fsp3) is 0.250. The second-order valence-corrected chi connectivity index (χ2v) is 3.66. The van der Waals surface area contributed by atoms with Gasteiger partial charge in [-0.2, -0.15) is 0 Å². The number of benzene rings is 1. The summed E-state index contributed by atoms with van der Waals surface area (Å²) in [5.41, 5.74) is 7.28. The maximum Gasteiger partial charge on any atom is 0.406 e. The summed E-state index contributed by atoms with van der Waals surface area (Å²) in [6.07, 6.45) is 3.69. The molecule has 4 heteroatoms. The molecular weight excluding hydrogens is 204 g/mol. The van der Waals surface area contributed by atoms with Gasteiger partial charge in [-0.25, -0.2) is 4.79 Å². The lowest BCUT2D eigenvalue weighted by Gasteiger charge is -2.30. The molecule has 1 aromatic carbocycles. The molecule has 0 bridgehead atoms. The molecule has 84 valence electrons. The first kappa shape index (κ1) is 10.5. The molecule has 4 nitrogen and oxygen atoms in total. The number of allylic oxidation sites excluding steroid dienone is 1. The maximum absolute atomic E-state index is 10.7. The molecule has 0 radical (unpaired) electrons. The smallest absolute Gasteiger partial charge is 0.406 e. The van der Waals surface area contributed by atoms with Gasteiger partial charge >= 0.3 is 6.09 Å². The predicted octanol–water partition coefficient (Wildman–Crippen LogP) is 2.00. The number of ether oxygens (including phenoxy) is 1. The lowest BCUT2D eigenvalue weighted by Crippen LogP contribution is -2.35. The highest BCUT2D eigenvalue weighted by molar-refractivity contribution is 5.66. The highest BCUT2D eigenvalue weighted by atomic mass is 16.6. The molecule has 1 aromatic rings.